The predicted molar refractivity (Wildman–Crippen MR) is 130 cm³/mol. The number of benzene rings is 2. The largest absolute Gasteiger partial charge is 0.508 e. The van der Waals surface area contributed by atoms with Gasteiger partial charge in [0.25, 0.3) is 0 Å². The molecule has 0 saturated heterocycles. The molecule has 8 heteroatoms. The Morgan fingerprint density at radius 1 is 0.848 bits per heavy atom. The fraction of sp³-hybridized carbons (Fsp3) is 0.280. The van der Waals surface area contributed by atoms with Gasteiger partial charge >= 0.3 is 0 Å². The van der Waals surface area contributed by atoms with Gasteiger partial charge in [-0.3, -0.25) is 19.6 Å². The molecule has 2 aromatic carbocycles. The molecule has 1 heterocycles. The van der Waals surface area contributed by atoms with Gasteiger partial charge in [-0.2, -0.15) is 0 Å². The second-order valence-corrected chi connectivity index (χ2v) is 9.85. The van der Waals surface area contributed by atoms with Crippen LogP contribution in [-0.4, -0.2) is 26.6 Å². The van der Waals surface area contributed by atoms with Crippen LogP contribution < -0.4 is 4.74 Å². The van der Waals surface area contributed by atoms with Crippen LogP contribution >= 0.6 is 31.9 Å². The Balaban J connectivity index is 0.000000172. The number of phenols is 1. The number of phenolic OH excluding ortho intramolecular Hbond substituents is 1. The molecular weight excluding hydrogens is 552 g/mol. The lowest BCUT2D eigenvalue weighted by molar-refractivity contribution is -0.119. The maximum absolute atomic E-state index is 11.6. The summed E-state index contributed by atoms with van der Waals surface area (Å²) in [6.45, 7) is 0.352. The molecule has 0 amide bonds. The molecule has 6 nitrogen and oxygen atoms in total. The van der Waals surface area contributed by atoms with Crippen molar-refractivity contribution >= 4 is 43.4 Å². The molecule has 2 aliphatic rings. The lowest BCUT2D eigenvalue weighted by Gasteiger charge is -2.19. The second-order valence-electron chi connectivity index (χ2n) is 8.02. The first-order valence-corrected chi connectivity index (χ1v) is 12.2. The van der Waals surface area contributed by atoms with Crippen molar-refractivity contribution in [3.8, 4) is 11.5 Å². The first-order valence-electron chi connectivity index (χ1n) is 10.6. The molecule has 0 bridgehead atoms. The molecule has 0 fully saturated rings. The number of ketones is 2. The van der Waals surface area contributed by atoms with Gasteiger partial charge in [0.1, 0.15) is 29.7 Å². The maximum atomic E-state index is 11.6. The van der Waals surface area contributed by atoms with Crippen LogP contribution in [-0.2, 0) is 41.9 Å². The van der Waals surface area contributed by atoms with Crippen molar-refractivity contribution in [1.29, 1.82) is 0 Å². The Morgan fingerprint density at radius 3 is 2.15 bits per heavy atom. The molecule has 0 aliphatic heterocycles. The molecule has 0 atom stereocenters. The van der Waals surface area contributed by atoms with Crippen LogP contribution in [0.25, 0.3) is 0 Å². The van der Waals surface area contributed by atoms with Crippen molar-refractivity contribution in [3.05, 3.63) is 79.7 Å². The summed E-state index contributed by atoms with van der Waals surface area (Å²) >= 11 is 6.80. The average molecular weight is 574 g/mol. The number of hydrogen-bond donors (Lipinski definition) is 1. The van der Waals surface area contributed by atoms with E-state index in [-0.39, 0.29) is 17.3 Å². The second kappa shape index (κ2) is 10.6. The van der Waals surface area contributed by atoms with E-state index in [9.17, 15) is 14.7 Å². The number of rotatable bonds is 3. The van der Waals surface area contributed by atoms with Crippen molar-refractivity contribution in [2.45, 2.75) is 45.1 Å². The molecule has 3 aromatic rings. The van der Waals surface area contributed by atoms with E-state index in [4.69, 9.17) is 4.74 Å². The first-order chi connectivity index (χ1) is 15.9. The van der Waals surface area contributed by atoms with E-state index in [0.717, 1.165) is 49.9 Å². The van der Waals surface area contributed by atoms with E-state index in [1.165, 1.54) is 5.56 Å². The Morgan fingerprint density at radius 2 is 1.48 bits per heavy atom. The van der Waals surface area contributed by atoms with Crippen LogP contribution in [0.5, 0.6) is 11.5 Å². The zero-order valence-electron chi connectivity index (χ0n) is 17.8. The van der Waals surface area contributed by atoms with Crippen LogP contribution in [0.1, 0.15) is 40.8 Å². The lowest BCUT2D eigenvalue weighted by Crippen LogP contribution is -2.15. The normalized spacial score (nSPS) is 14.6. The van der Waals surface area contributed by atoms with Gasteiger partial charge < -0.3 is 9.84 Å². The van der Waals surface area contributed by atoms with E-state index < -0.39 is 0 Å². The summed E-state index contributed by atoms with van der Waals surface area (Å²) in [6.07, 6.45) is 8.54. The highest BCUT2D eigenvalue weighted by atomic mass is 79.9. The SMILES string of the molecule is O=C1CCc2cc(Br)cc(O)c2C1.O=C1CCc2cc(Br)cc(OCc3cnccn3)c2C1. The summed E-state index contributed by atoms with van der Waals surface area (Å²) in [4.78, 5) is 31.0. The summed E-state index contributed by atoms with van der Waals surface area (Å²) < 4.78 is 7.68. The Bertz CT molecular complexity index is 1200. The van der Waals surface area contributed by atoms with E-state index in [2.05, 4.69) is 47.9 Å². The number of nitrogens with zero attached hydrogens (tertiary/aromatic N) is 2. The van der Waals surface area contributed by atoms with Crippen molar-refractivity contribution < 1.29 is 19.4 Å². The van der Waals surface area contributed by atoms with E-state index >= 15 is 0 Å². The minimum absolute atomic E-state index is 0.213. The summed E-state index contributed by atoms with van der Waals surface area (Å²) in [7, 11) is 0. The minimum atomic E-state index is 0.213. The van der Waals surface area contributed by atoms with E-state index in [0.29, 0.717) is 32.3 Å². The number of aryl methyl sites for hydroxylation is 2. The molecule has 1 N–H and O–H groups in total. The van der Waals surface area contributed by atoms with Gasteiger partial charge in [-0.25, -0.2) is 0 Å². The minimum Gasteiger partial charge on any atom is -0.508 e. The summed E-state index contributed by atoms with van der Waals surface area (Å²) in [5.74, 6) is 1.47. The van der Waals surface area contributed by atoms with Crippen molar-refractivity contribution in [1.82, 2.24) is 9.97 Å². The maximum Gasteiger partial charge on any atom is 0.137 e. The Hall–Kier alpha value is -2.58. The zero-order valence-corrected chi connectivity index (χ0v) is 21.0. The molecule has 0 radical (unpaired) electrons. The quantitative estimate of drug-likeness (QED) is 0.469. The fourth-order valence-electron chi connectivity index (χ4n) is 4.00. The van der Waals surface area contributed by atoms with Gasteiger partial charge in [0, 0.05) is 58.1 Å². The standard InChI is InChI=1S/C15H13BrN2O2.C10H9BrO2/c16-11-5-10-1-2-13(19)7-14(10)15(6-11)20-9-12-8-17-3-4-18-12;11-7-3-6-1-2-8(12)5-9(6)10(13)4-7/h3-6,8H,1-2,7,9H2;3-4,13H,1-2,5H2. The highest BCUT2D eigenvalue weighted by molar-refractivity contribution is 9.10. The van der Waals surface area contributed by atoms with Gasteiger partial charge in [-0.15, -0.1) is 0 Å². The predicted octanol–water partition coefficient (Wildman–Crippen LogP) is 5.09. The van der Waals surface area contributed by atoms with Crippen molar-refractivity contribution in [3.63, 3.8) is 0 Å². The molecule has 2 aliphatic carbocycles. The Labute approximate surface area is 208 Å². The van der Waals surface area contributed by atoms with Crippen molar-refractivity contribution in [2.75, 3.05) is 0 Å². The number of aromatic nitrogens is 2. The van der Waals surface area contributed by atoms with E-state index in [1.54, 1.807) is 24.7 Å². The molecule has 1 aromatic heterocycles. The van der Waals surface area contributed by atoms with E-state index in [1.807, 2.05) is 12.1 Å². The molecule has 33 heavy (non-hydrogen) atoms. The molecule has 5 rings (SSSR count). The van der Waals surface area contributed by atoms with Gasteiger partial charge in [-0.05, 0) is 48.2 Å². The monoisotopic (exact) mass is 572 g/mol. The van der Waals surface area contributed by atoms with Crippen LogP contribution in [0.15, 0.2) is 51.8 Å². The number of carbonyl (C=O) groups is 2. The third kappa shape index (κ3) is 6.06. The van der Waals surface area contributed by atoms with Crippen LogP contribution in [0.3, 0.4) is 0 Å². The van der Waals surface area contributed by atoms with Crippen molar-refractivity contribution in [2.24, 2.45) is 0 Å². The van der Waals surface area contributed by atoms with Gasteiger partial charge in [0.05, 0.1) is 11.9 Å². The summed E-state index contributed by atoms with van der Waals surface area (Å²) in [6, 6.07) is 7.59. The highest BCUT2D eigenvalue weighted by Gasteiger charge is 2.21. The van der Waals surface area contributed by atoms with Gasteiger partial charge in [0.15, 0.2) is 0 Å². The highest BCUT2D eigenvalue weighted by Crippen LogP contribution is 2.33. The topological polar surface area (TPSA) is 89.4 Å². The number of ether oxygens (including phenoxy) is 1. The fourth-order valence-corrected chi connectivity index (χ4v) is 4.98. The number of fused-ring (bicyclic) bond motifs is 2. The number of hydrogen-bond acceptors (Lipinski definition) is 6. The van der Waals surface area contributed by atoms with Crippen LogP contribution in [0.4, 0.5) is 0 Å². The summed E-state index contributed by atoms with van der Waals surface area (Å²) in [5, 5.41) is 9.57. The molecular formula is C25H22Br2N2O4. The lowest BCUT2D eigenvalue weighted by atomic mass is 9.90. The first kappa shape index (κ1) is 23.6. The third-order valence-corrected chi connectivity index (χ3v) is 6.55. The number of Topliss-reactive ketones (excluding diaryl/α,β-unsaturated/α-hetero) is 2. The Kier molecular flexibility index (Phi) is 7.55. The zero-order chi connectivity index (χ0) is 23.4. The molecule has 0 unspecified atom stereocenters. The third-order valence-electron chi connectivity index (χ3n) is 5.64. The average Bonchev–Trinajstić information content (AvgIpc) is 2.79. The number of carbonyl (C=O) groups excluding carboxylic acids is 2. The number of aromatic hydroxyl groups is 1. The van der Waals surface area contributed by atoms with Crippen LogP contribution in [0.2, 0.25) is 0 Å². The van der Waals surface area contributed by atoms with Gasteiger partial charge in [-0.1, -0.05) is 31.9 Å². The molecule has 0 spiro atoms. The number of halogens is 2. The smallest absolute Gasteiger partial charge is 0.137 e. The molecule has 170 valence electrons. The molecule has 0 saturated carbocycles. The van der Waals surface area contributed by atoms with Gasteiger partial charge in [0.2, 0.25) is 0 Å². The summed E-state index contributed by atoms with van der Waals surface area (Å²) in [5.41, 5.74) is 4.86. The van der Waals surface area contributed by atoms with Crippen LogP contribution in [0, 0.1) is 0 Å².